The van der Waals surface area contributed by atoms with Crippen LogP contribution in [0.4, 0.5) is 0 Å². The Morgan fingerprint density at radius 1 is 1.24 bits per heavy atom. The second-order valence-electron chi connectivity index (χ2n) is 10.0. The Kier molecular flexibility index (Phi) is 8.29. The van der Waals surface area contributed by atoms with Gasteiger partial charge in [0.25, 0.3) is 5.91 Å². The number of methoxy groups -OCH3 is 1. The van der Waals surface area contributed by atoms with Crippen molar-refractivity contribution in [2.45, 2.75) is 76.1 Å². The number of fused-ring (bicyclic) bond motifs is 1. The van der Waals surface area contributed by atoms with Crippen molar-refractivity contribution in [3.05, 3.63) is 70.8 Å². The minimum absolute atomic E-state index is 0.0749. The molecule has 8 nitrogen and oxygen atoms in total. The van der Waals surface area contributed by atoms with Crippen molar-refractivity contribution in [2.75, 3.05) is 13.7 Å². The summed E-state index contributed by atoms with van der Waals surface area (Å²) in [4.78, 5) is 33.0. The second-order valence-corrected chi connectivity index (χ2v) is 10.0. The van der Waals surface area contributed by atoms with E-state index in [0.29, 0.717) is 31.4 Å². The number of nitrogens with two attached hydrogens (primary N) is 1. The number of ether oxygens (including phenoxy) is 1. The number of aryl methyl sites for hydroxylation is 1. The molecule has 4 N–H and O–H groups in total. The van der Waals surface area contributed by atoms with Crippen LogP contribution >= 0.6 is 0 Å². The van der Waals surface area contributed by atoms with Crippen LogP contribution in [0.3, 0.4) is 0 Å². The van der Waals surface area contributed by atoms with Crippen molar-refractivity contribution in [3.63, 3.8) is 0 Å². The van der Waals surface area contributed by atoms with Gasteiger partial charge in [0.15, 0.2) is 5.96 Å². The zero-order chi connectivity index (χ0) is 26.6. The molecule has 1 aliphatic heterocycles. The fourth-order valence-electron chi connectivity index (χ4n) is 5.53. The summed E-state index contributed by atoms with van der Waals surface area (Å²) in [6.07, 6.45) is 2.98. The van der Waals surface area contributed by atoms with Gasteiger partial charge in [-0.2, -0.15) is 0 Å². The number of benzene rings is 2. The average molecular weight is 507 g/mol. The standard InChI is InChI=1S/C29H38N4O4/c1-4-29(5-2)18-25(35)33(28(30)32-29)23(15-16-37-3)20-10-8-11-21(17-20)27(36)31-26-22-12-7-6-9-19(22)13-14-24(26)34/h6-12,17,23-24,26,34H,4-5,13-16,18H2,1-3H3,(H2,30,32)(H,31,36). The SMILES string of the molecule is CCC1(CC)CC(=O)N(C(CCOC)c2cccc(C(=O)NC3c4ccccc4CCC3O)c2)C(N)=N1. The van der Waals surface area contributed by atoms with E-state index in [0.717, 1.165) is 36.0 Å². The summed E-state index contributed by atoms with van der Waals surface area (Å²) >= 11 is 0. The smallest absolute Gasteiger partial charge is 0.251 e. The van der Waals surface area contributed by atoms with Crippen molar-refractivity contribution in [2.24, 2.45) is 10.7 Å². The molecule has 0 fully saturated rings. The van der Waals surface area contributed by atoms with Gasteiger partial charge in [0.1, 0.15) is 0 Å². The lowest BCUT2D eigenvalue weighted by atomic mass is 9.85. The van der Waals surface area contributed by atoms with E-state index in [2.05, 4.69) is 5.32 Å². The van der Waals surface area contributed by atoms with Crippen LogP contribution in [0.5, 0.6) is 0 Å². The van der Waals surface area contributed by atoms with Gasteiger partial charge in [-0.05, 0) is 60.9 Å². The van der Waals surface area contributed by atoms with Gasteiger partial charge in [0.05, 0.1) is 30.1 Å². The molecule has 4 rings (SSSR count). The molecule has 37 heavy (non-hydrogen) atoms. The summed E-state index contributed by atoms with van der Waals surface area (Å²) < 4.78 is 5.34. The van der Waals surface area contributed by atoms with Gasteiger partial charge >= 0.3 is 0 Å². The van der Waals surface area contributed by atoms with Crippen LogP contribution in [0.2, 0.25) is 0 Å². The van der Waals surface area contributed by atoms with Crippen LogP contribution in [0.15, 0.2) is 53.5 Å². The van der Waals surface area contributed by atoms with Crippen LogP contribution in [0.1, 0.15) is 85.1 Å². The fraction of sp³-hybridized carbons (Fsp3) is 0.483. The number of aliphatic hydroxyl groups excluding tert-OH is 1. The number of aliphatic imine (C=N–C) groups is 1. The normalized spacial score (nSPS) is 21.7. The van der Waals surface area contributed by atoms with E-state index in [1.54, 1.807) is 30.2 Å². The molecule has 1 heterocycles. The van der Waals surface area contributed by atoms with Crippen LogP contribution in [0, 0.1) is 0 Å². The zero-order valence-electron chi connectivity index (χ0n) is 21.9. The first-order valence-electron chi connectivity index (χ1n) is 13.2. The number of aliphatic hydroxyl groups is 1. The van der Waals surface area contributed by atoms with E-state index in [4.69, 9.17) is 15.5 Å². The number of guanidine groups is 1. The highest BCUT2D eigenvalue weighted by molar-refractivity contribution is 6.00. The van der Waals surface area contributed by atoms with Gasteiger partial charge in [-0.25, -0.2) is 4.99 Å². The van der Waals surface area contributed by atoms with Crippen molar-refractivity contribution in [1.82, 2.24) is 10.2 Å². The van der Waals surface area contributed by atoms with Gasteiger partial charge < -0.3 is 20.9 Å². The predicted octanol–water partition coefficient (Wildman–Crippen LogP) is 3.65. The topological polar surface area (TPSA) is 117 Å². The first-order chi connectivity index (χ1) is 17.8. The minimum Gasteiger partial charge on any atom is -0.391 e. The summed E-state index contributed by atoms with van der Waals surface area (Å²) in [5.41, 5.74) is 9.24. The van der Waals surface area contributed by atoms with E-state index in [1.165, 1.54) is 0 Å². The maximum atomic E-state index is 13.4. The molecule has 3 unspecified atom stereocenters. The number of nitrogens with one attached hydrogen (secondary N) is 1. The van der Waals surface area contributed by atoms with Crippen LogP contribution in [-0.2, 0) is 16.0 Å². The number of nitrogens with zero attached hydrogens (tertiary/aromatic N) is 2. The van der Waals surface area contributed by atoms with Gasteiger partial charge in [-0.15, -0.1) is 0 Å². The van der Waals surface area contributed by atoms with Crippen LogP contribution in [-0.4, -0.2) is 53.1 Å². The number of rotatable bonds is 9. The minimum atomic E-state index is -0.657. The number of carbonyl (C=O) groups excluding carboxylic acids is 2. The third-order valence-corrected chi connectivity index (χ3v) is 7.88. The Morgan fingerprint density at radius 2 is 2.00 bits per heavy atom. The van der Waals surface area contributed by atoms with E-state index in [9.17, 15) is 14.7 Å². The number of hydrogen-bond donors (Lipinski definition) is 3. The molecule has 198 valence electrons. The van der Waals surface area contributed by atoms with Crippen molar-refractivity contribution in [3.8, 4) is 0 Å². The van der Waals surface area contributed by atoms with E-state index < -0.39 is 23.7 Å². The van der Waals surface area contributed by atoms with E-state index in [1.807, 2.05) is 44.2 Å². The quantitative estimate of drug-likeness (QED) is 0.480. The maximum Gasteiger partial charge on any atom is 0.251 e. The molecule has 0 saturated heterocycles. The zero-order valence-corrected chi connectivity index (χ0v) is 21.9. The Labute approximate surface area is 218 Å². The van der Waals surface area contributed by atoms with Gasteiger partial charge in [0.2, 0.25) is 5.91 Å². The summed E-state index contributed by atoms with van der Waals surface area (Å²) in [7, 11) is 1.61. The highest BCUT2D eigenvalue weighted by Crippen LogP contribution is 2.35. The van der Waals surface area contributed by atoms with Gasteiger partial charge in [-0.3, -0.25) is 14.5 Å². The molecular weight excluding hydrogens is 468 g/mol. The number of amides is 2. The van der Waals surface area contributed by atoms with Crippen molar-refractivity contribution in [1.29, 1.82) is 0 Å². The molecule has 2 aromatic carbocycles. The summed E-state index contributed by atoms with van der Waals surface area (Å²) in [6, 6.07) is 14.2. The highest BCUT2D eigenvalue weighted by atomic mass is 16.5. The maximum absolute atomic E-state index is 13.4. The molecule has 0 spiro atoms. The van der Waals surface area contributed by atoms with Crippen LogP contribution in [0.25, 0.3) is 0 Å². The lowest BCUT2D eigenvalue weighted by Gasteiger charge is -2.40. The molecule has 1 aliphatic carbocycles. The lowest BCUT2D eigenvalue weighted by molar-refractivity contribution is -0.131. The molecule has 0 radical (unpaired) electrons. The molecule has 0 bridgehead atoms. The third-order valence-electron chi connectivity index (χ3n) is 7.88. The van der Waals surface area contributed by atoms with Crippen LogP contribution < -0.4 is 11.1 Å². The monoisotopic (exact) mass is 506 g/mol. The summed E-state index contributed by atoms with van der Waals surface area (Å²) in [5, 5.41) is 13.7. The summed E-state index contributed by atoms with van der Waals surface area (Å²) in [5.74, 6) is -0.150. The lowest BCUT2D eigenvalue weighted by Crippen LogP contribution is -2.52. The van der Waals surface area contributed by atoms with E-state index in [-0.39, 0.29) is 17.8 Å². The largest absolute Gasteiger partial charge is 0.391 e. The molecule has 3 atom stereocenters. The van der Waals surface area contributed by atoms with Gasteiger partial charge in [-0.1, -0.05) is 50.2 Å². The second kappa shape index (κ2) is 11.4. The summed E-state index contributed by atoms with van der Waals surface area (Å²) in [6.45, 7) is 4.46. The average Bonchev–Trinajstić information content (AvgIpc) is 2.91. The molecule has 0 aromatic heterocycles. The number of hydrogen-bond acceptors (Lipinski definition) is 6. The van der Waals surface area contributed by atoms with Crippen molar-refractivity contribution >= 4 is 17.8 Å². The Morgan fingerprint density at radius 3 is 2.70 bits per heavy atom. The Balaban J connectivity index is 1.62. The van der Waals surface area contributed by atoms with E-state index >= 15 is 0 Å². The van der Waals surface area contributed by atoms with Crippen molar-refractivity contribution < 1.29 is 19.4 Å². The Hall–Kier alpha value is -3.23. The molecule has 2 aliphatic rings. The molecule has 8 heteroatoms. The molecule has 2 amide bonds. The number of carbonyl (C=O) groups is 2. The Bertz CT molecular complexity index is 1160. The first-order valence-corrected chi connectivity index (χ1v) is 13.2. The highest BCUT2D eigenvalue weighted by Gasteiger charge is 2.40. The van der Waals surface area contributed by atoms with Gasteiger partial charge in [0, 0.05) is 19.3 Å². The third kappa shape index (κ3) is 5.55. The molecule has 0 saturated carbocycles. The molecular formula is C29H38N4O4. The predicted molar refractivity (Wildman–Crippen MR) is 143 cm³/mol. The fourth-order valence-corrected chi connectivity index (χ4v) is 5.53. The first kappa shape index (κ1) is 26.8. The molecule has 2 aromatic rings.